The Morgan fingerprint density at radius 3 is 2.50 bits per heavy atom. The van der Waals surface area contributed by atoms with Crippen LogP contribution >= 0.6 is 0 Å². The zero-order valence-electron chi connectivity index (χ0n) is 10.1. The molecule has 0 atom stereocenters. The SMILES string of the molecule is COc1ccc(-c2cc(=O)[nH]c(N)n2)cc1OC. The minimum absolute atomic E-state index is 0.0762. The summed E-state index contributed by atoms with van der Waals surface area (Å²) in [6.45, 7) is 0. The third-order valence-corrected chi connectivity index (χ3v) is 2.44. The van der Waals surface area contributed by atoms with E-state index in [1.165, 1.54) is 6.07 Å². The predicted octanol–water partition coefficient (Wildman–Crippen LogP) is 1.04. The van der Waals surface area contributed by atoms with Crippen LogP contribution in [-0.4, -0.2) is 24.2 Å². The second-order valence-corrected chi connectivity index (χ2v) is 3.59. The van der Waals surface area contributed by atoms with Crippen LogP contribution in [0, 0.1) is 0 Å². The third-order valence-electron chi connectivity index (χ3n) is 2.44. The first-order chi connectivity index (χ1) is 8.63. The van der Waals surface area contributed by atoms with E-state index < -0.39 is 0 Å². The van der Waals surface area contributed by atoms with Crippen molar-refractivity contribution in [2.24, 2.45) is 0 Å². The number of hydrogen-bond donors (Lipinski definition) is 2. The van der Waals surface area contributed by atoms with Gasteiger partial charge in [-0.05, 0) is 18.2 Å². The summed E-state index contributed by atoms with van der Waals surface area (Å²) in [7, 11) is 3.10. The minimum atomic E-state index is -0.299. The van der Waals surface area contributed by atoms with Crippen LogP contribution in [0.2, 0.25) is 0 Å². The highest BCUT2D eigenvalue weighted by Crippen LogP contribution is 2.31. The number of hydrogen-bond acceptors (Lipinski definition) is 5. The average molecular weight is 247 g/mol. The molecule has 6 nitrogen and oxygen atoms in total. The zero-order valence-corrected chi connectivity index (χ0v) is 10.1. The lowest BCUT2D eigenvalue weighted by atomic mass is 10.1. The van der Waals surface area contributed by atoms with E-state index in [1.807, 2.05) is 0 Å². The maximum Gasteiger partial charge on any atom is 0.252 e. The summed E-state index contributed by atoms with van der Waals surface area (Å²) in [5.74, 6) is 1.25. The van der Waals surface area contributed by atoms with Crippen LogP contribution in [0.4, 0.5) is 5.95 Å². The Labute approximate surface area is 103 Å². The van der Waals surface area contributed by atoms with Gasteiger partial charge in [0.1, 0.15) is 0 Å². The molecule has 6 heteroatoms. The van der Waals surface area contributed by atoms with Crippen molar-refractivity contribution in [1.29, 1.82) is 0 Å². The number of anilines is 1. The van der Waals surface area contributed by atoms with Gasteiger partial charge in [-0.1, -0.05) is 0 Å². The van der Waals surface area contributed by atoms with Crippen molar-refractivity contribution in [3.05, 3.63) is 34.6 Å². The smallest absolute Gasteiger partial charge is 0.252 e. The number of aromatic nitrogens is 2. The van der Waals surface area contributed by atoms with Crippen LogP contribution in [0.1, 0.15) is 0 Å². The van der Waals surface area contributed by atoms with Gasteiger partial charge in [-0.3, -0.25) is 9.78 Å². The highest BCUT2D eigenvalue weighted by molar-refractivity contribution is 5.64. The van der Waals surface area contributed by atoms with Crippen LogP contribution in [-0.2, 0) is 0 Å². The number of H-pyrrole nitrogens is 1. The summed E-state index contributed by atoms with van der Waals surface area (Å²) in [6, 6.07) is 6.63. The Morgan fingerprint density at radius 1 is 1.17 bits per heavy atom. The minimum Gasteiger partial charge on any atom is -0.493 e. The zero-order chi connectivity index (χ0) is 13.1. The average Bonchev–Trinajstić information content (AvgIpc) is 2.36. The number of nitrogens with zero attached hydrogens (tertiary/aromatic N) is 1. The van der Waals surface area contributed by atoms with Gasteiger partial charge in [0, 0.05) is 11.6 Å². The van der Waals surface area contributed by atoms with Crippen molar-refractivity contribution < 1.29 is 9.47 Å². The van der Waals surface area contributed by atoms with E-state index in [4.69, 9.17) is 15.2 Å². The van der Waals surface area contributed by atoms with E-state index >= 15 is 0 Å². The van der Waals surface area contributed by atoms with Crippen LogP contribution in [0.5, 0.6) is 11.5 Å². The molecular formula is C12H13N3O3. The summed E-state index contributed by atoms with van der Waals surface area (Å²) in [5, 5.41) is 0. The summed E-state index contributed by atoms with van der Waals surface area (Å²) < 4.78 is 10.3. The van der Waals surface area contributed by atoms with Crippen molar-refractivity contribution in [3.8, 4) is 22.8 Å². The molecule has 0 aliphatic heterocycles. The molecule has 2 rings (SSSR count). The number of nitrogens with one attached hydrogen (secondary N) is 1. The molecule has 1 aromatic heterocycles. The molecule has 0 aliphatic rings. The number of methoxy groups -OCH3 is 2. The summed E-state index contributed by atoms with van der Waals surface area (Å²) >= 11 is 0. The number of aromatic amines is 1. The third kappa shape index (κ3) is 2.27. The quantitative estimate of drug-likeness (QED) is 0.845. The van der Waals surface area contributed by atoms with E-state index in [1.54, 1.807) is 32.4 Å². The predicted molar refractivity (Wildman–Crippen MR) is 67.8 cm³/mol. The molecule has 0 fully saturated rings. The Bertz CT molecular complexity index is 622. The Balaban J connectivity index is 2.54. The fourth-order valence-corrected chi connectivity index (χ4v) is 1.62. The fraction of sp³-hybridized carbons (Fsp3) is 0.167. The van der Waals surface area contributed by atoms with Gasteiger partial charge >= 0.3 is 0 Å². The molecule has 94 valence electrons. The number of rotatable bonds is 3. The van der Waals surface area contributed by atoms with E-state index in [0.717, 1.165) is 5.56 Å². The Hall–Kier alpha value is -2.50. The first-order valence-electron chi connectivity index (χ1n) is 5.23. The van der Waals surface area contributed by atoms with Gasteiger partial charge in [0.2, 0.25) is 5.95 Å². The second-order valence-electron chi connectivity index (χ2n) is 3.59. The van der Waals surface area contributed by atoms with Gasteiger partial charge in [0.05, 0.1) is 19.9 Å². The lowest BCUT2D eigenvalue weighted by molar-refractivity contribution is 0.355. The monoisotopic (exact) mass is 247 g/mol. The molecule has 0 aliphatic carbocycles. The number of nitrogens with two attached hydrogens (primary N) is 1. The molecule has 1 heterocycles. The van der Waals surface area contributed by atoms with E-state index in [2.05, 4.69) is 9.97 Å². The molecule has 0 radical (unpaired) electrons. The van der Waals surface area contributed by atoms with Gasteiger partial charge in [0.25, 0.3) is 5.56 Å². The summed E-state index contributed by atoms with van der Waals surface area (Å²) in [4.78, 5) is 17.8. The summed E-state index contributed by atoms with van der Waals surface area (Å²) in [5.41, 5.74) is 6.41. The highest BCUT2D eigenvalue weighted by atomic mass is 16.5. The van der Waals surface area contributed by atoms with E-state index in [-0.39, 0.29) is 11.5 Å². The maximum atomic E-state index is 11.3. The van der Waals surface area contributed by atoms with Gasteiger partial charge in [0.15, 0.2) is 11.5 Å². The lowest BCUT2D eigenvalue weighted by Crippen LogP contribution is -2.10. The first-order valence-corrected chi connectivity index (χ1v) is 5.23. The molecule has 0 amide bonds. The fourth-order valence-electron chi connectivity index (χ4n) is 1.62. The molecule has 0 spiro atoms. The molecular weight excluding hydrogens is 234 g/mol. The van der Waals surface area contributed by atoms with Crippen molar-refractivity contribution in [1.82, 2.24) is 9.97 Å². The Morgan fingerprint density at radius 2 is 1.89 bits per heavy atom. The second kappa shape index (κ2) is 4.79. The largest absolute Gasteiger partial charge is 0.493 e. The first kappa shape index (κ1) is 12.0. The lowest BCUT2D eigenvalue weighted by Gasteiger charge is -2.09. The molecule has 0 bridgehead atoms. The van der Waals surface area contributed by atoms with Crippen molar-refractivity contribution >= 4 is 5.95 Å². The number of ether oxygens (including phenoxy) is 2. The van der Waals surface area contributed by atoms with Crippen LogP contribution in [0.15, 0.2) is 29.1 Å². The maximum absolute atomic E-state index is 11.3. The molecule has 0 unspecified atom stereocenters. The van der Waals surface area contributed by atoms with Crippen molar-refractivity contribution in [2.45, 2.75) is 0 Å². The van der Waals surface area contributed by atoms with Gasteiger partial charge in [-0.25, -0.2) is 4.98 Å². The van der Waals surface area contributed by atoms with Crippen molar-refractivity contribution in [2.75, 3.05) is 20.0 Å². The summed E-state index contributed by atoms with van der Waals surface area (Å²) in [6.07, 6.45) is 0. The molecule has 0 saturated carbocycles. The standard InChI is InChI=1S/C12H13N3O3/c1-17-9-4-3-7(5-10(9)18-2)8-6-11(16)15-12(13)14-8/h3-6H,1-2H3,(H3,13,14,15,16). The number of benzene rings is 1. The van der Waals surface area contributed by atoms with Gasteiger partial charge < -0.3 is 15.2 Å². The topological polar surface area (TPSA) is 90.2 Å². The molecule has 1 aromatic carbocycles. The van der Waals surface area contributed by atoms with Crippen molar-refractivity contribution in [3.63, 3.8) is 0 Å². The van der Waals surface area contributed by atoms with Gasteiger partial charge in [-0.2, -0.15) is 0 Å². The molecule has 3 N–H and O–H groups in total. The van der Waals surface area contributed by atoms with Crippen LogP contribution in [0.3, 0.4) is 0 Å². The molecule has 18 heavy (non-hydrogen) atoms. The highest BCUT2D eigenvalue weighted by Gasteiger charge is 2.08. The molecule has 2 aromatic rings. The van der Waals surface area contributed by atoms with Crippen LogP contribution < -0.4 is 20.8 Å². The molecule has 0 saturated heterocycles. The van der Waals surface area contributed by atoms with E-state index in [9.17, 15) is 4.79 Å². The van der Waals surface area contributed by atoms with Gasteiger partial charge in [-0.15, -0.1) is 0 Å². The van der Waals surface area contributed by atoms with E-state index in [0.29, 0.717) is 17.2 Å². The van der Waals surface area contributed by atoms with Crippen LogP contribution in [0.25, 0.3) is 11.3 Å². The normalized spacial score (nSPS) is 10.1. The Kier molecular flexibility index (Phi) is 3.18. The number of nitrogen functional groups attached to an aromatic ring is 1.